The lowest BCUT2D eigenvalue weighted by molar-refractivity contribution is -0.140. The third-order valence-corrected chi connectivity index (χ3v) is 4.28. The second-order valence-electron chi connectivity index (χ2n) is 6.86. The number of hydrogen-bond donors (Lipinski definition) is 3. The SMILES string of the molecule is Cc1ccc(CN2C(=O)C(C(=O)NCC(=O)O)=C(O)CC2(C)C)cc1F. The van der Waals surface area contributed by atoms with Crippen LogP contribution in [0.15, 0.2) is 29.5 Å². The van der Waals surface area contributed by atoms with E-state index in [1.165, 1.54) is 11.0 Å². The number of nitrogens with one attached hydrogen (secondary N) is 1. The first-order chi connectivity index (χ1) is 12.0. The molecule has 0 atom stereocenters. The lowest BCUT2D eigenvalue weighted by Crippen LogP contribution is -2.53. The largest absolute Gasteiger partial charge is 0.511 e. The van der Waals surface area contributed by atoms with Crippen LogP contribution in [0.1, 0.15) is 31.4 Å². The van der Waals surface area contributed by atoms with Gasteiger partial charge in [-0.05, 0) is 38.0 Å². The number of carboxylic acids is 1. The van der Waals surface area contributed by atoms with Crippen molar-refractivity contribution >= 4 is 17.8 Å². The van der Waals surface area contributed by atoms with Crippen molar-refractivity contribution in [2.45, 2.75) is 39.3 Å². The van der Waals surface area contributed by atoms with Crippen LogP contribution in [0.3, 0.4) is 0 Å². The number of amides is 2. The first-order valence-corrected chi connectivity index (χ1v) is 8.02. The molecule has 1 heterocycles. The quantitative estimate of drug-likeness (QED) is 0.689. The number of carbonyl (C=O) groups excluding carboxylic acids is 2. The number of aryl methyl sites for hydroxylation is 1. The lowest BCUT2D eigenvalue weighted by Gasteiger charge is -2.42. The molecule has 0 unspecified atom stereocenters. The van der Waals surface area contributed by atoms with E-state index in [1.54, 1.807) is 32.9 Å². The van der Waals surface area contributed by atoms with E-state index in [2.05, 4.69) is 5.32 Å². The van der Waals surface area contributed by atoms with Crippen molar-refractivity contribution in [1.29, 1.82) is 0 Å². The topological polar surface area (TPSA) is 107 Å². The van der Waals surface area contributed by atoms with Gasteiger partial charge < -0.3 is 20.4 Å². The van der Waals surface area contributed by atoms with Crippen LogP contribution >= 0.6 is 0 Å². The van der Waals surface area contributed by atoms with Crippen LogP contribution in [0, 0.1) is 12.7 Å². The number of aliphatic hydroxyl groups excluding tert-OH is 1. The van der Waals surface area contributed by atoms with Crippen molar-refractivity contribution in [3.8, 4) is 0 Å². The molecule has 0 aromatic heterocycles. The average Bonchev–Trinajstić information content (AvgIpc) is 2.52. The maximum absolute atomic E-state index is 13.8. The Bertz CT molecular complexity index is 801. The Hall–Kier alpha value is -2.90. The maximum Gasteiger partial charge on any atom is 0.322 e. The van der Waals surface area contributed by atoms with Gasteiger partial charge in [-0.15, -0.1) is 0 Å². The average molecular weight is 364 g/mol. The Balaban J connectivity index is 2.31. The number of nitrogens with zero attached hydrogens (tertiary/aromatic N) is 1. The molecular formula is C18H21FN2O5. The van der Waals surface area contributed by atoms with E-state index < -0.39 is 47.0 Å². The summed E-state index contributed by atoms with van der Waals surface area (Å²) in [6.07, 6.45) is 0.0168. The van der Waals surface area contributed by atoms with Gasteiger partial charge in [-0.3, -0.25) is 14.4 Å². The van der Waals surface area contributed by atoms with E-state index in [1.807, 2.05) is 0 Å². The van der Waals surface area contributed by atoms with Gasteiger partial charge >= 0.3 is 5.97 Å². The summed E-state index contributed by atoms with van der Waals surface area (Å²) in [6, 6.07) is 4.60. The molecule has 140 valence electrons. The smallest absolute Gasteiger partial charge is 0.322 e. The highest BCUT2D eigenvalue weighted by molar-refractivity contribution is 6.19. The molecule has 2 amide bonds. The maximum atomic E-state index is 13.8. The van der Waals surface area contributed by atoms with Gasteiger partial charge in [0.25, 0.3) is 11.8 Å². The van der Waals surface area contributed by atoms with Crippen LogP contribution in [-0.4, -0.2) is 45.0 Å². The zero-order valence-electron chi connectivity index (χ0n) is 14.8. The second kappa shape index (κ2) is 7.15. The van der Waals surface area contributed by atoms with Gasteiger partial charge in [0.1, 0.15) is 23.7 Å². The zero-order chi connectivity index (χ0) is 19.6. The number of hydrogen-bond acceptors (Lipinski definition) is 4. The Morgan fingerprint density at radius 2 is 2.00 bits per heavy atom. The molecule has 0 aliphatic carbocycles. The third kappa shape index (κ3) is 4.01. The van der Waals surface area contributed by atoms with Crippen molar-refractivity contribution in [3.05, 3.63) is 46.5 Å². The van der Waals surface area contributed by atoms with Gasteiger partial charge in [-0.25, -0.2) is 4.39 Å². The van der Waals surface area contributed by atoms with Crippen LogP contribution < -0.4 is 5.32 Å². The summed E-state index contributed by atoms with van der Waals surface area (Å²) in [6.45, 7) is 4.44. The van der Waals surface area contributed by atoms with Gasteiger partial charge in [0.05, 0.1) is 0 Å². The number of rotatable bonds is 5. The molecule has 1 aliphatic heterocycles. The molecule has 7 nitrogen and oxygen atoms in total. The molecule has 0 saturated carbocycles. The Labute approximate surface area is 150 Å². The molecule has 0 spiro atoms. The fraction of sp³-hybridized carbons (Fsp3) is 0.389. The van der Waals surface area contributed by atoms with Gasteiger partial charge in [-0.2, -0.15) is 0 Å². The first kappa shape index (κ1) is 19.4. The summed E-state index contributed by atoms with van der Waals surface area (Å²) in [5.74, 6) is -3.75. The fourth-order valence-electron chi connectivity index (χ4n) is 2.80. The highest BCUT2D eigenvalue weighted by Gasteiger charge is 2.42. The van der Waals surface area contributed by atoms with Crippen molar-refractivity contribution in [3.63, 3.8) is 0 Å². The standard InChI is InChI=1S/C18H21FN2O5/c1-10-4-5-11(6-12(10)19)9-21-17(26)15(13(22)7-18(21,2)3)16(25)20-8-14(23)24/h4-6,22H,7-9H2,1-3H3,(H,20,25)(H,23,24). The summed E-state index contributed by atoms with van der Waals surface area (Å²) in [5.41, 5.74) is -0.275. The molecule has 8 heteroatoms. The van der Waals surface area contributed by atoms with Crippen molar-refractivity contribution in [2.75, 3.05) is 6.54 Å². The predicted molar refractivity (Wildman–Crippen MR) is 90.7 cm³/mol. The van der Waals surface area contributed by atoms with Crippen LogP contribution in [0.25, 0.3) is 0 Å². The number of benzene rings is 1. The Morgan fingerprint density at radius 1 is 1.35 bits per heavy atom. The van der Waals surface area contributed by atoms with E-state index in [4.69, 9.17) is 5.11 Å². The number of carbonyl (C=O) groups is 3. The minimum atomic E-state index is -1.27. The minimum absolute atomic E-state index is 0.0168. The van der Waals surface area contributed by atoms with Crippen LogP contribution in [0.5, 0.6) is 0 Å². The van der Waals surface area contributed by atoms with Crippen molar-refractivity contribution in [2.24, 2.45) is 0 Å². The molecule has 0 radical (unpaired) electrons. The number of halogens is 1. The number of aliphatic hydroxyl groups is 1. The van der Waals surface area contributed by atoms with E-state index in [0.717, 1.165) is 0 Å². The summed E-state index contributed by atoms with van der Waals surface area (Å²) >= 11 is 0. The van der Waals surface area contributed by atoms with Crippen LogP contribution in [0.4, 0.5) is 4.39 Å². The summed E-state index contributed by atoms with van der Waals surface area (Å²) in [7, 11) is 0. The van der Waals surface area contributed by atoms with Gasteiger partial charge in [0.2, 0.25) is 0 Å². The monoisotopic (exact) mass is 364 g/mol. The highest BCUT2D eigenvalue weighted by Crippen LogP contribution is 2.33. The van der Waals surface area contributed by atoms with E-state index in [9.17, 15) is 23.9 Å². The van der Waals surface area contributed by atoms with Crippen molar-refractivity contribution in [1.82, 2.24) is 10.2 Å². The molecular weight excluding hydrogens is 343 g/mol. The first-order valence-electron chi connectivity index (χ1n) is 8.02. The molecule has 1 aromatic carbocycles. The van der Waals surface area contributed by atoms with E-state index in [0.29, 0.717) is 11.1 Å². The predicted octanol–water partition coefficient (Wildman–Crippen LogP) is 1.66. The highest BCUT2D eigenvalue weighted by atomic mass is 19.1. The van der Waals surface area contributed by atoms with Crippen LogP contribution in [0.2, 0.25) is 0 Å². The van der Waals surface area contributed by atoms with E-state index >= 15 is 0 Å². The molecule has 0 saturated heterocycles. The molecule has 0 bridgehead atoms. The van der Waals surface area contributed by atoms with Gasteiger partial charge in [-0.1, -0.05) is 12.1 Å². The minimum Gasteiger partial charge on any atom is -0.511 e. The summed E-state index contributed by atoms with van der Waals surface area (Å²) in [4.78, 5) is 36.9. The van der Waals surface area contributed by atoms with Gasteiger partial charge in [0.15, 0.2) is 0 Å². The Morgan fingerprint density at radius 3 is 2.58 bits per heavy atom. The molecule has 3 N–H and O–H groups in total. The summed E-state index contributed by atoms with van der Waals surface area (Å²) < 4.78 is 13.8. The fourth-order valence-corrected chi connectivity index (χ4v) is 2.80. The number of carboxylic acid groups (broad SMARTS) is 1. The van der Waals surface area contributed by atoms with Gasteiger partial charge in [0, 0.05) is 18.5 Å². The molecule has 1 aliphatic rings. The second-order valence-corrected chi connectivity index (χ2v) is 6.86. The molecule has 0 fully saturated rings. The molecule has 26 heavy (non-hydrogen) atoms. The number of aliphatic carboxylic acids is 1. The van der Waals surface area contributed by atoms with Crippen molar-refractivity contribution < 1.29 is 29.0 Å². The van der Waals surface area contributed by atoms with Crippen LogP contribution in [-0.2, 0) is 20.9 Å². The Kier molecular flexibility index (Phi) is 5.34. The molecule has 2 rings (SSSR count). The summed E-state index contributed by atoms with van der Waals surface area (Å²) in [5, 5.41) is 20.9. The normalized spacial score (nSPS) is 16.6. The zero-order valence-corrected chi connectivity index (χ0v) is 14.8. The van der Waals surface area contributed by atoms with E-state index in [-0.39, 0.29) is 13.0 Å². The lowest BCUT2D eigenvalue weighted by atomic mass is 9.88. The molecule has 1 aromatic rings. The third-order valence-electron chi connectivity index (χ3n) is 4.28.